The Morgan fingerprint density at radius 2 is 1.73 bits per heavy atom. The van der Waals surface area contributed by atoms with Gasteiger partial charge < -0.3 is 10.4 Å². The summed E-state index contributed by atoms with van der Waals surface area (Å²) in [6, 6.07) is 4.30. The molecule has 9 heteroatoms. The van der Waals surface area contributed by atoms with Crippen molar-refractivity contribution < 1.29 is 18.3 Å². The van der Waals surface area contributed by atoms with E-state index in [1.807, 2.05) is 0 Å². The molecule has 26 heavy (non-hydrogen) atoms. The molecular formula is C17H25Cl2F3N2OS. The fourth-order valence-electron chi connectivity index (χ4n) is 3.95. The molecule has 1 aromatic carbocycles. The van der Waals surface area contributed by atoms with E-state index >= 15 is 0 Å². The molecule has 150 valence electrons. The highest BCUT2D eigenvalue weighted by molar-refractivity contribution is 8.00. The Bertz CT molecular complexity index is 565. The summed E-state index contributed by atoms with van der Waals surface area (Å²) in [6.07, 6.45) is 4.46. The van der Waals surface area contributed by atoms with E-state index in [2.05, 4.69) is 10.2 Å². The van der Waals surface area contributed by atoms with Gasteiger partial charge in [-0.15, -0.1) is 24.8 Å². The Morgan fingerprint density at radius 1 is 1.12 bits per heavy atom. The summed E-state index contributed by atoms with van der Waals surface area (Å²) in [5, 5.41) is 13.7. The largest absolute Gasteiger partial charge is 0.508 e. The second-order valence-electron chi connectivity index (χ2n) is 6.54. The monoisotopic (exact) mass is 432 g/mol. The molecule has 1 saturated carbocycles. The molecule has 1 saturated heterocycles. The van der Waals surface area contributed by atoms with E-state index in [0.717, 1.165) is 51.9 Å². The molecule has 1 aliphatic heterocycles. The zero-order chi connectivity index (χ0) is 17.2. The topological polar surface area (TPSA) is 35.5 Å². The second kappa shape index (κ2) is 10.3. The normalized spacial score (nSPS) is 20.3. The summed E-state index contributed by atoms with van der Waals surface area (Å²) in [7, 11) is 0. The fourth-order valence-corrected chi connectivity index (χ4v) is 4.54. The SMILES string of the molecule is Cl.Cl.Oc1ccc(SC(F)(F)F)cc1[C@@H](C1CCCC1)N1CCNCC1. The number of hydrogen-bond acceptors (Lipinski definition) is 4. The lowest BCUT2D eigenvalue weighted by molar-refractivity contribution is -0.0328. The fraction of sp³-hybridized carbons (Fsp3) is 0.647. The van der Waals surface area contributed by atoms with Gasteiger partial charge in [0, 0.05) is 42.7 Å². The average molecular weight is 433 g/mol. The van der Waals surface area contributed by atoms with Gasteiger partial charge in [-0.05, 0) is 48.7 Å². The predicted octanol–water partition coefficient (Wildman–Crippen LogP) is 4.98. The van der Waals surface area contributed by atoms with Gasteiger partial charge in [-0.1, -0.05) is 12.8 Å². The van der Waals surface area contributed by atoms with Crippen LogP contribution in [0.5, 0.6) is 5.75 Å². The van der Waals surface area contributed by atoms with Gasteiger partial charge in [-0.2, -0.15) is 13.2 Å². The Morgan fingerprint density at radius 3 is 2.31 bits per heavy atom. The van der Waals surface area contributed by atoms with Gasteiger partial charge in [0.25, 0.3) is 0 Å². The first-order chi connectivity index (χ1) is 11.4. The van der Waals surface area contributed by atoms with Crippen LogP contribution in [0.25, 0.3) is 0 Å². The lowest BCUT2D eigenvalue weighted by Crippen LogP contribution is -2.46. The quantitative estimate of drug-likeness (QED) is 0.657. The number of piperazine rings is 1. The van der Waals surface area contributed by atoms with Crippen molar-refractivity contribution in [1.82, 2.24) is 10.2 Å². The van der Waals surface area contributed by atoms with Crippen molar-refractivity contribution in [2.75, 3.05) is 26.2 Å². The van der Waals surface area contributed by atoms with E-state index in [0.29, 0.717) is 11.5 Å². The van der Waals surface area contributed by atoms with Crippen LogP contribution in [-0.4, -0.2) is 41.7 Å². The maximum absolute atomic E-state index is 12.7. The van der Waals surface area contributed by atoms with Crippen LogP contribution in [0.1, 0.15) is 37.3 Å². The number of hydrogen-bond donors (Lipinski definition) is 2. The molecule has 1 atom stereocenters. The summed E-state index contributed by atoms with van der Waals surface area (Å²) in [5.74, 6) is 0.511. The highest BCUT2D eigenvalue weighted by Crippen LogP contribution is 2.45. The molecule has 0 spiro atoms. The van der Waals surface area contributed by atoms with Gasteiger partial charge in [0.2, 0.25) is 0 Å². The molecule has 1 heterocycles. The maximum Gasteiger partial charge on any atom is 0.446 e. The van der Waals surface area contributed by atoms with Gasteiger partial charge in [0.05, 0.1) is 0 Å². The number of nitrogens with zero attached hydrogens (tertiary/aromatic N) is 1. The smallest absolute Gasteiger partial charge is 0.446 e. The summed E-state index contributed by atoms with van der Waals surface area (Å²) < 4.78 is 38.1. The molecule has 0 amide bonds. The number of phenols is 1. The standard InChI is InChI=1S/C17H23F3N2OS.2ClH/c18-17(19,20)24-13-5-6-15(23)14(11-13)16(12-3-1-2-4-12)22-9-7-21-8-10-22;;/h5-6,11-12,16,21,23H,1-4,7-10H2;2*1H/t16-;;/m1../s1. The number of thioether (sulfide) groups is 1. The molecule has 3 nitrogen and oxygen atoms in total. The molecule has 2 N–H and O–H groups in total. The summed E-state index contributed by atoms with van der Waals surface area (Å²) in [6.45, 7) is 3.47. The Labute approximate surface area is 168 Å². The molecular weight excluding hydrogens is 408 g/mol. The number of alkyl halides is 3. The van der Waals surface area contributed by atoms with E-state index < -0.39 is 5.51 Å². The number of nitrogens with one attached hydrogen (secondary N) is 1. The van der Waals surface area contributed by atoms with Gasteiger partial charge in [-0.3, -0.25) is 4.90 Å². The van der Waals surface area contributed by atoms with Gasteiger partial charge >= 0.3 is 5.51 Å². The third-order valence-corrected chi connectivity index (χ3v) is 5.66. The molecule has 2 aliphatic rings. The van der Waals surface area contributed by atoms with Gasteiger partial charge in [0.1, 0.15) is 5.75 Å². The van der Waals surface area contributed by atoms with Crippen molar-refractivity contribution in [3.63, 3.8) is 0 Å². The zero-order valence-electron chi connectivity index (χ0n) is 14.3. The zero-order valence-corrected chi connectivity index (χ0v) is 16.7. The predicted molar refractivity (Wildman–Crippen MR) is 104 cm³/mol. The molecule has 1 aromatic rings. The summed E-state index contributed by atoms with van der Waals surface area (Å²) in [4.78, 5) is 2.47. The molecule has 2 fully saturated rings. The van der Waals surface area contributed by atoms with Crippen molar-refractivity contribution in [2.45, 2.75) is 42.1 Å². The minimum atomic E-state index is -4.31. The molecule has 0 unspecified atom stereocenters. The van der Waals surface area contributed by atoms with Crippen LogP contribution in [0, 0.1) is 5.92 Å². The number of rotatable bonds is 4. The van der Waals surface area contributed by atoms with Gasteiger partial charge in [0.15, 0.2) is 0 Å². The average Bonchev–Trinajstić information content (AvgIpc) is 3.04. The first kappa shape index (κ1) is 23.7. The van der Waals surface area contributed by atoms with E-state index in [-0.39, 0.29) is 53.3 Å². The van der Waals surface area contributed by atoms with Crippen LogP contribution >= 0.6 is 36.6 Å². The van der Waals surface area contributed by atoms with Crippen LogP contribution in [0.3, 0.4) is 0 Å². The number of aromatic hydroxyl groups is 1. The lowest BCUT2D eigenvalue weighted by Gasteiger charge is -2.39. The Hall–Kier alpha value is -0.340. The molecule has 3 rings (SSSR count). The lowest BCUT2D eigenvalue weighted by atomic mass is 9.89. The minimum absolute atomic E-state index is 0. The van der Waals surface area contributed by atoms with E-state index in [1.165, 1.54) is 12.1 Å². The highest BCUT2D eigenvalue weighted by atomic mass is 35.5. The van der Waals surface area contributed by atoms with E-state index in [1.54, 1.807) is 6.07 Å². The molecule has 1 aliphatic carbocycles. The molecule has 0 aromatic heterocycles. The summed E-state index contributed by atoms with van der Waals surface area (Å²) in [5.41, 5.74) is -3.66. The van der Waals surface area contributed by atoms with Crippen LogP contribution in [0.2, 0.25) is 0 Å². The van der Waals surface area contributed by atoms with Crippen LogP contribution in [-0.2, 0) is 0 Å². The van der Waals surface area contributed by atoms with Crippen LogP contribution in [0.15, 0.2) is 23.1 Å². The highest BCUT2D eigenvalue weighted by Gasteiger charge is 2.35. The van der Waals surface area contributed by atoms with E-state index in [9.17, 15) is 18.3 Å². The van der Waals surface area contributed by atoms with Gasteiger partial charge in [-0.25, -0.2) is 0 Å². The second-order valence-corrected chi connectivity index (χ2v) is 7.68. The van der Waals surface area contributed by atoms with Crippen molar-refractivity contribution in [3.8, 4) is 5.75 Å². The number of phenolic OH excluding ortho intramolecular Hbond substituents is 1. The van der Waals surface area contributed by atoms with Crippen molar-refractivity contribution in [1.29, 1.82) is 0 Å². The van der Waals surface area contributed by atoms with Crippen LogP contribution < -0.4 is 5.32 Å². The third-order valence-electron chi connectivity index (χ3n) is 4.94. The van der Waals surface area contributed by atoms with Crippen LogP contribution in [0.4, 0.5) is 13.2 Å². The molecule has 0 bridgehead atoms. The molecule has 0 radical (unpaired) electrons. The number of halogens is 5. The first-order valence-electron chi connectivity index (χ1n) is 8.47. The third kappa shape index (κ3) is 6.09. The Balaban J connectivity index is 0.00000169. The van der Waals surface area contributed by atoms with E-state index in [4.69, 9.17) is 0 Å². The van der Waals surface area contributed by atoms with Crippen molar-refractivity contribution >= 4 is 36.6 Å². The first-order valence-corrected chi connectivity index (χ1v) is 9.29. The van der Waals surface area contributed by atoms with Crippen molar-refractivity contribution in [3.05, 3.63) is 23.8 Å². The number of benzene rings is 1. The van der Waals surface area contributed by atoms with Crippen molar-refractivity contribution in [2.24, 2.45) is 5.92 Å². The summed E-state index contributed by atoms with van der Waals surface area (Å²) >= 11 is -0.112. The maximum atomic E-state index is 12.7. The minimum Gasteiger partial charge on any atom is -0.508 e. The Kier molecular flexibility index (Phi) is 9.36.